The van der Waals surface area contributed by atoms with Crippen LogP contribution in [0, 0.1) is 0 Å². The molecule has 0 spiro atoms. The third kappa shape index (κ3) is 4.27. The summed E-state index contributed by atoms with van der Waals surface area (Å²) in [5, 5.41) is 12.8. The van der Waals surface area contributed by atoms with Gasteiger partial charge in [-0.3, -0.25) is 4.90 Å². The van der Waals surface area contributed by atoms with Crippen LogP contribution in [0.1, 0.15) is 29.8 Å². The molecule has 0 saturated carbocycles. The number of hydrogen-bond acceptors (Lipinski definition) is 4. The van der Waals surface area contributed by atoms with Crippen LogP contribution in [0.25, 0.3) is 10.8 Å². The molecular weight excluding hydrogens is 388 g/mol. The van der Waals surface area contributed by atoms with Gasteiger partial charge in [0.15, 0.2) is 5.16 Å². The first-order valence-electron chi connectivity index (χ1n) is 10.6. The van der Waals surface area contributed by atoms with E-state index in [0.717, 1.165) is 42.9 Å². The van der Waals surface area contributed by atoms with Crippen LogP contribution < -0.4 is 0 Å². The van der Waals surface area contributed by atoms with E-state index in [2.05, 4.69) is 92.5 Å². The first-order chi connectivity index (χ1) is 14.9. The lowest BCUT2D eigenvalue weighted by atomic mass is 10.1. The number of hydrogen-bond donors (Lipinski definition) is 0. The number of rotatable bonds is 7. The molecule has 30 heavy (non-hydrogen) atoms. The van der Waals surface area contributed by atoms with Crippen LogP contribution in [-0.2, 0) is 18.8 Å². The molecule has 0 radical (unpaired) electrons. The van der Waals surface area contributed by atoms with Crippen LogP contribution in [0.3, 0.4) is 0 Å². The Balaban J connectivity index is 1.41. The highest BCUT2D eigenvalue weighted by molar-refractivity contribution is 7.98. The Hall–Kier alpha value is -2.63. The molecule has 1 aromatic heterocycles. The van der Waals surface area contributed by atoms with Crippen LogP contribution in [0.15, 0.2) is 78.0 Å². The van der Waals surface area contributed by atoms with Crippen LogP contribution in [-0.4, -0.2) is 32.8 Å². The van der Waals surface area contributed by atoms with Crippen molar-refractivity contribution in [2.45, 2.75) is 36.8 Å². The maximum absolute atomic E-state index is 4.60. The van der Waals surface area contributed by atoms with Gasteiger partial charge >= 0.3 is 0 Å². The highest BCUT2D eigenvalue weighted by Gasteiger charge is 2.19. The monoisotopic (exact) mass is 414 g/mol. The first kappa shape index (κ1) is 19.3. The standard InChI is InChI=1S/C25H26N4S/c1-2-9-20(10-3-1)17-29-24(18-28-15-6-7-16-28)26-27-25(29)30-19-22-13-8-12-21-11-4-5-14-23(21)22/h1-5,8-14H,6-7,15-19H2. The largest absolute Gasteiger partial charge is 0.300 e. The van der Waals surface area contributed by atoms with E-state index in [0.29, 0.717) is 0 Å². The summed E-state index contributed by atoms with van der Waals surface area (Å²) >= 11 is 1.78. The molecule has 4 nitrogen and oxygen atoms in total. The lowest BCUT2D eigenvalue weighted by Gasteiger charge is -2.16. The Kier molecular flexibility index (Phi) is 5.82. The van der Waals surface area contributed by atoms with E-state index in [1.54, 1.807) is 11.8 Å². The molecule has 0 bridgehead atoms. The van der Waals surface area contributed by atoms with Gasteiger partial charge in [0.1, 0.15) is 5.82 Å². The molecule has 0 unspecified atom stereocenters. The van der Waals surface area contributed by atoms with Gasteiger partial charge in [-0.2, -0.15) is 0 Å². The molecule has 1 saturated heterocycles. The Bertz CT molecular complexity index is 1110. The second-order valence-electron chi connectivity index (χ2n) is 7.88. The fraction of sp³-hybridized carbons (Fsp3) is 0.280. The van der Waals surface area contributed by atoms with Crippen molar-refractivity contribution in [3.63, 3.8) is 0 Å². The van der Waals surface area contributed by atoms with Crippen LogP contribution >= 0.6 is 11.8 Å². The SMILES string of the molecule is c1ccc(Cn2c(CN3CCCC3)nnc2SCc2cccc3ccccc23)cc1. The van der Waals surface area contributed by atoms with Crippen molar-refractivity contribution in [1.82, 2.24) is 19.7 Å². The number of aromatic nitrogens is 3. The average Bonchev–Trinajstić information content (AvgIpc) is 3.44. The third-order valence-electron chi connectivity index (χ3n) is 5.78. The molecule has 0 atom stereocenters. The zero-order chi connectivity index (χ0) is 20.2. The fourth-order valence-electron chi connectivity index (χ4n) is 4.17. The zero-order valence-corrected chi connectivity index (χ0v) is 17.9. The van der Waals surface area contributed by atoms with E-state index in [1.807, 2.05) is 0 Å². The Morgan fingerprint density at radius 2 is 1.53 bits per heavy atom. The molecule has 5 rings (SSSR count). The molecule has 4 aromatic rings. The molecular formula is C25H26N4S. The van der Waals surface area contributed by atoms with Crippen molar-refractivity contribution in [3.8, 4) is 0 Å². The molecule has 3 aromatic carbocycles. The summed E-state index contributed by atoms with van der Waals surface area (Å²) in [5.74, 6) is 1.96. The number of thioether (sulfide) groups is 1. The Morgan fingerprint density at radius 3 is 2.40 bits per heavy atom. The lowest BCUT2D eigenvalue weighted by Crippen LogP contribution is -2.21. The highest BCUT2D eigenvalue weighted by atomic mass is 32.2. The van der Waals surface area contributed by atoms with E-state index in [-0.39, 0.29) is 0 Å². The molecule has 0 N–H and O–H groups in total. The van der Waals surface area contributed by atoms with Crippen molar-refractivity contribution >= 4 is 22.5 Å². The number of nitrogens with zero attached hydrogens (tertiary/aromatic N) is 4. The minimum absolute atomic E-state index is 0.814. The maximum Gasteiger partial charge on any atom is 0.191 e. The molecule has 1 aliphatic rings. The summed E-state index contributed by atoms with van der Waals surface area (Å²) in [6.07, 6.45) is 2.57. The van der Waals surface area contributed by atoms with Gasteiger partial charge < -0.3 is 4.57 Å². The molecule has 5 heteroatoms. The predicted molar refractivity (Wildman–Crippen MR) is 124 cm³/mol. The Labute approximate surface area is 181 Å². The van der Waals surface area contributed by atoms with Gasteiger partial charge in [-0.05, 0) is 47.8 Å². The number of benzene rings is 3. The zero-order valence-electron chi connectivity index (χ0n) is 17.1. The van der Waals surface area contributed by atoms with Gasteiger partial charge in [0.05, 0.1) is 13.1 Å². The van der Waals surface area contributed by atoms with Gasteiger partial charge in [0, 0.05) is 5.75 Å². The number of fused-ring (bicyclic) bond motifs is 1. The highest BCUT2D eigenvalue weighted by Crippen LogP contribution is 2.28. The molecule has 1 fully saturated rings. The van der Waals surface area contributed by atoms with Crippen molar-refractivity contribution in [1.29, 1.82) is 0 Å². The van der Waals surface area contributed by atoms with Crippen LogP contribution in [0.2, 0.25) is 0 Å². The van der Waals surface area contributed by atoms with Gasteiger partial charge in [-0.1, -0.05) is 84.6 Å². The fourth-order valence-corrected chi connectivity index (χ4v) is 5.13. The predicted octanol–water partition coefficient (Wildman–Crippen LogP) is 5.37. The first-order valence-corrected chi connectivity index (χ1v) is 11.6. The lowest BCUT2D eigenvalue weighted by molar-refractivity contribution is 0.316. The Morgan fingerprint density at radius 1 is 0.767 bits per heavy atom. The minimum Gasteiger partial charge on any atom is -0.300 e. The quantitative estimate of drug-likeness (QED) is 0.381. The molecule has 152 valence electrons. The van der Waals surface area contributed by atoms with Crippen molar-refractivity contribution in [3.05, 3.63) is 89.7 Å². The van der Waals surface area contributed by atoms with Crippen molar-refractivity contribution in [2.24, 2.45) is 0 Å². The van der Waals surface area contributed by atoms with E-state index in [1.165, 1.54) is 34.7 Å². The van der Waals surface area contributed by atoms with Gasteiger partial charge in [-0.15, -0.1) is 10.2 Å². The second-order valence-corrected chi connectivity index (χ2v) is 8.82. The van der Waals surface area contributed by atoms with Crippen molar-refractivity contribution in [2.75, 3.05) is 13.1 Å². The van der Waals surface area contributed by atoms with Crippen LogP contribution in [0.5, 0.6) is 0 Å². The van der Waals surface area contributed by atoms with E-state index >= 15 is 0 Å². The van der Waals surface area contributed by atoms with Crippen molar-refractivity contribution < 1.29 is 0 Å². The van der Waals surface area contributed by atoms with Crippen LogP contribution in [0.4, 0.5) is 0 Å². The van der Waals surface area contributed by atoms with Gasteiger partial charge in [0.25, 0.3) is 0 Å². The summed E-state index contributed by atoms with van der Waals surface area (Å²) in [6, 6.07) is 25.8. The number of likely N-dealkylation sites (tertiary alicyclic amines) is 1. The second kappa shape index (κ2) is 9.02. The summed E-state index contributed by atoms with van der Waals surface area (Å²) < 4.78 is 2.31. The topological polar surface area (TPSA) is 34.0 Å². The summed E-state index contributed by atoms with van der Waals surface area (Å²) in [5.41, 5.74) is 2.63. The van der Waals surface area contributed by atoms with E-state index in [9.17, 15) is 0 Å². The smallest absolute Gasteiger partial charge is 0.191 e. The minimum atomic E-state index is 0.814. The molecule has 0 amide bonds. The van der Waals surface area contributed by atoms with E-state index in [4.69, 9.17) is 0 Å². The molecule has 1 aliphatic heterocycles. The van der Waals surface area contributed by atoms with Gasteiger partial charge in [0.2, 0.25) is 0 Å². The normalized spacial score (nSPS) is 14.5. The van der Waals surface area contributed by atoms with E-state index < -0.39 is 0 Å². The van der Waals surface area contributed by atoms with Gasteiger partial charge in [-0.25, -0.2) is 0 Å². The summed E-state index contributed by atoms with van der Waals surface area (Å²) in [4.78, 5) is 2.49. The maximum atomic E-state index is 4.60. The summed E-state index contributed by atoms with van der Waals surface area (Å²) in [7, 11) is 0. The third-order valence-corrected chi connectivity index (χ3v) is 6.79. The molecule has 2 heterocycles. The average molecular weight is 415 g/mol. The summed E-state index contributed by atoms with van der Waals surface area (Å²) in [6.45, 7) is 4.02. The molecule has 0 aliphatic carbocycles.